The van der Waals surface area contributed by atoms with E-state index in [4.69, 9.17) is 4.98 Å². The molecular weight excluding hydrogens is 362 g/mol. The molecule has 0 amide bonds. The molecule has 0 fully saturated rings. The van der Waals surface area contributed by atoms with Crippen LogP contribution in [0, 0.1) is 6.92 Å². The molecule has 0 saturated carbocycles. The summed E-state index contributed by atoms with van der Waals surface area (Å²) >= 11 is 0. The highest BCUT2D eigenvalue weighted by Gasteiger charge is 2.18. The van der Waals surface area contributed by atoms with Gasteiger partial charge in [0.25, 0.3) is 0 Å². The van der Waals surface area contributed by atoms with Crippen molar-refractivity contribution in [3.05, 3.63) is 88.8 Å². The molecule has 162 valence electrons. The van der Waals surface area contributed by atoms with E-state index in [0.29, 0.717) is 0 Å². The van der Waals surface area contributed by atoms with E-state index in [2.05, 4.69) is 83.0 Å². The van der Waals surface area contributed by atoms with E-state index in [9.17, 15) is 0 Å². The maximum atomic E-state index is 4.79. The molecule has 0 spiro atoms. The predicted octanol–water partition coefficient (Wildman–Crippen LogP) is 8.97. The van der Waals surface area contributed by atoms with Gasteiger partial charge < -0.3 is 0 Å². The third kappa shape index (κ3) is 7.13. The lowest BCUT2D eigenvalue weighted by atomic mass is 9.85. The molecule has 0 aliphatic heterocycles. The lowest BCUT2D eigenvalue weighted by Gasteiger charge is -2.21. The van der Waals surface area contributed by atoms with Crippen LogP contribution in [0.2, 0.25) is 0 Å². The van der Waals surface area contributed by atoms with Crippen molar-refractivity contribution >= 4 is 11.6 Å². The standard InChI is InChI=1S/C23H25N.C4H10.C2H6/c1-4-9-18(10-5-2)20-13-14-21-17(3)22(16-24-23(21)15-20)19-11-7-6-8-12-19;1-3-4-2;1-2/h4-7,9-11,15-16H,1,8,12-14H2,2-3H3;3-4H2,1-2H3;1-2H3/b10-5-,18-9+;;. The van der Waals surface area contributed by atoms with Crippen molar-refractivity contribution in [3.8, 4) is 0 Å². The highest BCUT2D eigenvalue weighted by molar-refractivity contribution is 5.74. The molecule has 0 unspecified atom stereocenters. The Balaban J connectivity index is 0.000000673. The Morgan fingerprint density at radius 3 is 2.43 bits per heavy atom. The monoisotopic (exact) mass is 403 g/mol. The van der Waals surface area contributed by atoms with Gasteiger partial charge in [-0.1, -0.05) is 89.6 Å². The molecule has 1 aromatic rings. The molecule has 0 bridgehead atoms. The van der Waals surface area contributed by atoms with Crippen molar-refractivity contribution < 1.29 is 0 Å². The predicted molar refractivity (Wildman–Crippen MR) is 137 cm³/mol. The summed E-state index contributed by atoms with van der Waals surface area (Å²) in [5.41, 5.74) is 9.26. The summed E-state index contributed by atoms with van der Waals surface area (Å²) in [6.45, 7) is 16.5. The Kier molecular flexibility index (Phi) is 12.4. The molecule has 1 aromatic heterocycles. The largest absolute Gasteiger partial charge is 0.256 e. The second-order valence-corrected chi connectivity index (χ2v) is 7.35. The van der Waals surface area contributed by atoms with Crippen LogP contribution >= 0.6 is 0 Å². The van der Waals surface area contributed by atoms with E-state index in [1.807, 2.05) is 19.9 Å². The topological polar surface area (TPSA) is 12.9 Å². The molecule has 0 aromatic carbocycles. The van der Waals surface area contributed by atoms with Crippen LogP contribution in [0.1, 0.15) is 89.1 Å². The Morgan fingerprint density at radius 2 is 1.87 bits per heavy atom. The fourth-order valence-corrected chi connectivity index (χ4v) is 3.55. The summed E-state index contributed by atoms with van der Waals surface area (Å²) in [5.74, 6) is 0. The number of aromatic nitrogens is 1. The molecule has 0 radical (unpaired) electrons. The number of rotatable bonds is 5. The maximum absolute atomic E-state index is 4.79. The minimum absolute atomic E-state index is 1.06. The molecule has 0 saturated heterocycles. The first-order valence-corrected chi connectivity index (χ1v) is 11.7. The van der Waals surface area contributed by atoms with Crippen LogP contribution in [0.3, 0.4) is 0 Å². The number of unbranched alkanes of at least 4 members (excludes halogenated alkanes) is 1. The fourth-order valence-electron chi connectivity index (χ4n) is 3.55. The zero-order valence-electron chi connectivity index (χ0n) is 20.1. The second kappa shape index (κ2) is 14.6. The minimum Gasteiger partial charge on any atom is -0.256 e. The number of hydrogen-bond donors (Lipinski definition) is 0. The Hall–Kier alpha value is -2.41. The van der Waals surface area contributed by atoms with Crippen LogP contribution in [0.4, 0.5) is 0 Å². The highest BCUT2D eigenvalue weighted by Crippen LogP contribution is 2.34. The summed E-state index contributed by atoms with van der Waals surface area (Å²) in [6, 6.07) is 0. The molecular formula is C29H41N. The fraction of sp³-hybridized carbons (Fsp3) is 0.414. The van der Waals surface area contributed by atoms with Crippen LogP contribution in [0.25, 0.3) is 11.6 Å². The van der Waals surface area contributed by atoms with E-state index in [1.165, 1.54) is 46.3 Å². The number of allylic oxidation sites excluding steroid dienone is 10. The molecule has 3 rings (SSSR count). The first kappa shape index (κ1) is 25.6. The van der Waals surface area contributed by atoms with E-state index in [0.717, 1.165) is 31.4 Å². The van der Waals surface area contributed by atoms with Gasteiger partial charge >= 0.3 is 0 Å². The van der Waals surface area contributed by atoms with Gasteiger partial charge in [-0.2, -0.15) is 0 Å². The molecule has 1 heteroatoms. The van der Waals surface area contributed by atoms with Crippen molar-refractivity contribution in [1.29, 1.82) is 0 Å². The summed E-state index contributed by atoms with van der Waals surface area (Å²) in [5, 5.41) is 0. The van der Waals surface area contributed by atoms with Gasteiger partial charge in [0, 0.05) is 6.20 Å². The Labute approximate surface area is 185 Å². The molecule has 30 heavy (non-hydrogen) atoms. The molecule has 1 heterocycles. The smallest absolute Gasteiger partial charge is 0.0667 e. The van der Waals surface area contributed by atoms with Crippen molar-refractivity contribution in [2.45, 2.75) is 80.1 Å². The van der Waals surface area contributed by atoms with Crippen LogP contribution < -0.4 is 0 Å². The van der Waals surface area contributed by atoms with E-state index >= 15 is 0 Å². The van der Waals surface area contributed by atoms with Crippen molar-refractivity contribution in [3.63, 3.8) is 0 Å². The number of nitrogens with zero attached hydrogens (tertiary/aromatic N) is 1. The van der Waals surface area contributed by atoms with Gasteiger partial charge in [-0.25, -0.2) is 0 Å². The van der Waals surface area contributed by atoms with Crippen LogP contribution in [-0.4, -0.2) is 4.98 Å². The maximum Gasteiger partial charge on any atom is 0.0667 e. The third-order valence-corrected chi connectivity index (χ3v) is 5.33. The van der Waals surface area contributed by atoms with Crippen LogP contribution in [0.15, 0.2) is 66.5 Å². The first-order chi connectivity index (χ1) is 14.7. The minimum atomic E-state index is 1.06. The molecule has 0 N–H and O–H groups in total. The lowest BCUT2D eigenvalue weighted by Crippen LogP contribution is -2.07. The van der Waals surface area contributed by atoms with Crippen LogP contribution in [-0.2, 0) is 6.42 Å². The molecule has 0 atom stereocenters. The van der Waals surface area contributed by atoms with Crippen LogP contribution in [0.5, 0.6) is 0 Å². The normalized spacial score (nSPS) is 15.2. The van der Waals surface area contributed by atoms with Crippen molar-refractivity contribution in [2.24, 2.45) is 0 Å². The summed E-state index contributed by atoms with van der Waals surface area (Å²) in [6.07, 6.45) is 26.1. The number of hydrogen-bond acceptors (Lipinski definition) is 1. The zero-order valence-corrected chi connectivity index (χ0v) is 20.1. The van der Waals surface area contributed by atoms with Gasteiger partial charge in [0.05, 0.1) is 5.69 Å². The summed E-state index contributed by atoms with van der Waals surface area (Å²) in [4.78, 5) is 4.79. The van der Waals surface area contributed by atoms with Gasteiger partial charge in [-0.05, 0) is 79.0 Å². The number of pyridine rings is 1. The van der Waals surface area contributed by atoms with E-state index in [-0.39, 0.29) is 0 Å². The Morgan fingerprint density at radius 1 is 1.13 bits per heavy atom. The summed E-state index contributed by atoms with van der Waals surface area (Å²) < 4.78 is 0. The zero-order chi connectivity index (χ0) is 22.4. The lowest BCUT2D eigenvalue weighted by molar-refractivity contribution is 0.886. The third-order valence-electron chi connectivity index (χ3n) is 5.33. The molecule has 1 nitrogen and oxygen atoms in total. The SMILES string of the molecule is C=C/C=C(\C=C/C)C1=Cc2ncc(C3=CC=CCC3)c(C)c2CC1.CC.CCCC. The van der Waals surface area contributed by atoms with Gasteiger partial charge in [0.1, 0.15) is 0 Å². The first-order valence-electron chi connectivity index (χ1n) is 11.7. The average molecular weight is 404 g/mol. The van der Waals surface area contributed by atoms with Crippen molar-refractivity contribution in [1.82, 2.24) is 4.98 Å². The summed E-state index contributed by atoms with van der Waals surface area (Å²) in [7, 11) is 0. The van der Waals surface area contributed by atoms with E-state index < -0.39 is 0 Å². The van der Waals surface area contributed by atoms with Gasteiger partial charge in [-0.3, -0.25) is 4.98 Å². The van der Waals surface area contributed by atoms with Crippen molar-refractivity contribution in [2.75, 3.05) is 0 Å². The number of fused-ring (bicyclic) bond motifs is 1. The van der Waals surface area contributed by atoms with Gasteiger partial charge in [0.2, 0.25) is 0 Å². The van der Waals surface area contributed by atoms with Gasteiger partial charge in [-0.15, -0.1) is 0 Å². The molecule has 2 aliphatic rings. The second-order valence-electron chi connectivity index (χ2n) is 7.35. The van der Waals surface area contributed by atoms with E-state index in [1.54, 1.807) is 0 Å². The highest BCUT2D eigenvalue weighted by atomic mass is 14.7. The Bertz CT molecular complexity index is 826. The molecule has 2 aliphatic carbocycles. The van der Waals surface area contributed by atoms with Gasteiger partial charge in [0.15, 0.2) is 0 Å². The quantitative estimate of drug-likeness (QED) is 0.447. The average Bonchev–Trinajstić information content (AvgIpc) is 2.81.